The van der Waals surface area contributed by atoms with E-state index in [1.54, 1.807) is 7.11 Å². The average molecular weight is 447 g/mol. The van der Waals surface area contributed by atoms with E-state index in [0.29, 0.717) is 65.4 Å². The molecule has 0 radical (unpaired) electrons. The maximum Gasteiger partial charge on any atom is 0.225 e. The smallest absolute Gasteiger partial charge is 0.225 e. The van der Waals surface area contributed by atoms with Gasteiger partial charge in [0.25, 0.3) is 0 Å². The third kappa shape index (κ3) is 3.52. The van der Waals surface area contributed by atoms with Crippen LogP contribution in [0.3, 0.4) is 0 Å². The molecular formula is C27H30N2O4. The number of allylic oxidation sites excluding steroid dienone is 2. The minimum Gasteiger partial charge on any atom is -0.497 e. The van der Waals surface area contributed by atoms with Crippen LogP contribution in [-0.4, -0.2) is 23.7 Å². The van der Waals surface area contributed by atoms with Gasteiger partial charge in [0.15, 0.2) is 11.6 Å². The van der Waals surface area contributed by atoms with Crippen LogP contribution in [-0.2, 0) is 11.2 Å². The Kier molecular flexibility index (Phi) is 4.71. The fourth-order valence-corrected chi connectivity index (χ4v) is 5.56. The number of aromatic nitrogens is 1. The molecular weight excluding hydrogens is 416 g/mol. The molecule has 2 heterocycles. The zero-order valence-electron chi connectivity index (χ0n) is 19.9. The summed E-state index contributed by atoms with van der Waals surface area (Å²) in [4.78, 5) is 31.4. The van der Waals surface area contributed by atoms with Crippen LogP contribution in [0.2, 0.25) is 0 Å². The molecule has 0 spiro atoms. The molecule has 33 heavy (non-hydrogen) atoms. The lowest BCUT2D eigenvalue weighted by Gasteiger charge is -2.39. The summed E-state index contributed by atoms with van der Waals surface area (Å²) in [5.41, 5.74) is 10.0. The van der Waals surface area contributed by atoms with Crippen LogP contribution in [0.1, 0.15) is 80.1 Å². The Bertz CT molecular complexity index is 1220. The standard InChI is InChI=1S/C27H30N2O4/c1-26(2)10-16-21(17(30)11-26)24(28)23-20(14-6-8-15(32-5)9-7-14)22-18(31)12-27(3,4)13-19(22)33-25(23)29-16/h6-9,20H,10-13H2,1-5H3,(H2,28,29). The lowest BCUT2D eigenvalue weighted by molar-refractivity contribution is -0.118. The van der Waals surface area contributed by atoms with Gasteiger partial charge < -0.3 is 15.2 Å². The largest absolute Gasteiger partial charge is 0.497 e. The van der Waals surface area contributed by atoms with Crippen molar-refractivity contribution in [1.29, 1.82) is 0 Å². The summed E-state index contributed by atoms with van der Waals surface area (Å²) in [6.07, 6.45) is 2.14. The van der Waals surface area contributed by atoms with Crippen LogP contribution in [0.25, 0.3) is 0 Å². The Morgan fingerprint density at radius 3 is 2.27 bits per heavy atom. The highest BCUT2D eigenvalue weighted by atomic mass is 16.5. The van der Waals surface area contributed by atoms with Gasteiger partial charge in [0.05, 0.1) is 29.6 Å². The zero-order valence-corrected chi connectivity index (χ0v) is 19.9. The molecule has 0 saturated heterocycles. The van der Waals surface area contributed by atoms with Gasteiger partial charge in [0, 0.05) is 30.8 Å². The quantitative estimate of drug-likeness (QED) is 0.698. The first kappa shape index (κ1) is 21.7. The molecule has 1 unspecified atom stereocenters. The van der Waals surface area contributed by atoms with Crippen molar-refractivity contribution < 1.29 is 19.1 Å². The first-order valence-corrected chi connectivity index (χ1v) is 11.4. The predicted octanol–water partition coefficient (Wildman–Crippen LogP) is 5.00. The van der Waals surface area contributed by atoms with E-state index in [-0.39, 0.29) is 22.4 Å². The molecule has 5 rings (SSSR count). The maximum absolute atomic E-state index is 13.4. The number of carbonyl (C=O) groups excluding carboxylic acids is 2. The third-order valence-electron chi connectivity index (χ3n) is 7.00. The second-order valence-corrected chi connectivity index (χ2v) is 11.1. The van der Waals surface area contributed by atoms with Crippen molar-refractivity contribution in [3.05, 3.63) is 58.0 Å². The molecule has 2 aliphatic carbocycles. The molecule has 0 fully saturated rings. The molecule has 1 aromatic carbocycles. The normalized spacial score (nSPS) is 22.8. The van der Waals surface area contributed by atoms with E-state index < -0.39 is 5.92 Å². The average Bonchev–Trinajstić information content (AvgIpc) is 2.70. The molecule has 1 aromatic heterocycles. The third-order valence-corrected chi connectivity index (χ3v) is 7.00. The van der Waals surface area contributed by atoms with Gasteiger partial charge in [-0.1, -0.05) is 39.8 Å². The number of benzene rings is 1. The Labute approximate surface area is 194 Å². The highest BCUT2D eigenvalue weighted by molar-refractivity contribution is 6.05. The van der Waals surface area contributed by atoms with Gasteiger partial charge >= 0.3 is 0 Å². The molecule has 1 atom stereocenters. The Balaban J connectivity index is 1.76. The number of ketones is 2. The number of rotatable bonds is 2. The Morgan fingerprint density at radius 2 is 1.61 bits per heavy atom. The first-order chi connectivity index (χ1) is 15.5. The molecule has 0 saturated carbocycles. The van der Waals surface area contributed by atoms with Crippen molar-refractivity contribution >= 4 is 17.3 Å². The number of nitrogens with zero attached hydrogens (tertiary/aromatic N) is 1. The number of ether oxygens (including phenoxy) is 2. The van der Waals surface area contributed by atoms with E-state index in [9.17, 15) is 9.59 Å². The highest BCUT2D eigenvalue weighted by Crippen LogP contribution is 2.53. The first-order valence-electron chi connectivity index (χ1n) is 11.4. The van der Waals surface area contributed by atoms with Gasteiger partial charge in [-0.25, -0.2) is 4.98 Å². The van der Waals surface area contributed by atoms with E-state index in [4.69, 9.17) is 20.2 Å². The van der Waals surface area contributed by atoms with Crippen LogP contribution in [0.4, 0.5) is 5.69 Å². The Hall–Kier alpha value is -3.15. The highest BCUT2D eigenvalue weighted by Gasteiger charge is 2.45. The van der Waals surface area contributed by atoms with Crippen LogP contribution >= 0.6 is 0 Å². The van der Waals surface area contributed by atoms with Crippen molar-refractivity contribution in [2.24, 2.45) is 10.8 Å². The van der Waals surface area contributed by atoms with Gasteiger partial charge in [-0.3, -0.25) is 9.59 Å². The number of pyridine rings is 1. The summed E-state index contributed by atoms with van der Waals surface area (Å²) in [5, 5.41) is 0. The fraction of sp³-hybridized carbons (Fsp3) is 0.444. The monoisotopic (exact) mass is 446 g/mol. The summed E-state index contributed by atoms with van der Waals surface area (Å²) in [5.74, 6) is 1.43. The second kappa shape index (κ2) is 7.17. The number of nitrogens with two attached hydrogens (primary N) is 1. The number of hydrogen-bond acceptors (Lipinski definition) is 6. The molecule has 6 heteroatoms. The number of hydrogen-bond donors (Lipinski definition) is 1. The number of nitrogen functional groups attached to an aromatic ring is 1. The minimum atomic E-state index is -0.432. The molecule has 0 amide bonds. The molecule has 2 aromatic rings. The van der Waals surface area contributed by atoms with Gasteiger partial charge in [0.1, 0.15) is 11.5 Å². The summed E-state index contributed by atoms with van der Waals surface area (Å²) >= 11 is 0. The number of carbonyl (C=O) groups is 2. The molecule has 172 valence electrons. The summed E-state index contributed by atoms with van der Waals surface area (Å²) in [7, 11) is 1.62. The van der Waals surface area contributed by atoms with E-state index >= 15 is 0 Å². The summed E-state index contributed by atoms with van der Waals surface area (Å²) in [6.45, 7) is 8.28. The SMILES string of the molecule is COc1ccc(C2C3=C(CC(C)(C)CC3=O)Oc3nc4c(c(N)c32)C(=O)CC(C)(C)C4)cc1. The number of fused-ring (bicyclic) bond motifs is 2. The Morgan fingerprint density at radius 1 is 0.970 bits per heavy atom. The fourth-order valence-electron chi connectivity index (χ4n) is 5.56. The van der Waals surface area contributed by atoms with Gasteiger partial charge in [-0.2, -0.15) is 0 Å². The van der Waals surface area contributed by atoms with Gasteiger partial charge in [0.2, 0.25) is 5.88 Å². The number of methoxy groups -OCH3 is 1. The summed E-state index contributed by atoms with van der Waals surface area (Å²) < 4.78 is 11.6. The molecule has 3 aliphatic rings. The van der Waals surface area contributed by atoms with Crippen LogP contribution in [0, 0.1) is 10.8 Å². The topological polar surface area (TPSA) is 91.5 Å². The van der Waals surface area contributed by atoms with E-state index in [1.165, 1.54) is 0 Å². The van der Waals surface area contributed by atoms with Crippen molar-refractivity contribution in [3.8, 4) is 11.6 Å². The van der Waals surface area contributed by atoms with Crippen molar-refractivity contribution in [3.63, 3.8) is 0 Å². The van der Waals surface area contributed by atoms with E-state index in [1.807, 2.05) is 24.3 Å². The van der Waals surface area contributed by atoms with Crippen LogP contribution in [0.15, 0.2) is 35.6 Å². The zero-order chi connectivity index (χ0) is 23.7. The lowest BCUT2D eigenvalue weighted by atomic mass is 9.69. The second-order valence-electron chi connectivity index (χ2n) is 11.1. The van der Waals surface area contributed by atoms with E-state index in [0.717, 1.165) is 11.3 Å². The van der Waals surface area contributed by atoms with Crippen LogP contribution < -0.4 is 15.2 Å². The van der Waals surface area contributed by atoms with Gasteiger partial charge in [-0.05, 0) is 34.9 Å². The molecule has 6 nitrogen and oxygen atoms in total. The number of Topliss-reactive ketones (excluding diaryl/α,β-unsaturated/α-hetero) is 2. The molecule has 1 aliphatic heterocycles. The molecule has 2 N–H and O–H groups in total. The minimum absolute atomic E-state index is 0.00147. The molecule has 0 bridgehead atoms. The maximum atomic E-state index is 13.4. The van der Waals surface area contributed by atoms with Crippen LogP contribution in [0.5, 0.6) is 11.6 Å². The van der Waals surface area contributed by atoms with Crippen molar-refractivity contribution in [1.82, 2.24) is 4.98 Å². The van der Waals surface area contributed by atoms with Gasteiger partial charge in [-0.15, -0.1) is 0 Å². The van der Waals surface area contributed by atoms with E-state index in [2.05, 4.69) is 27.7 Å². The predicted molar refractivity (Wildman–Crippen MR) is 126 cm³/mol. The summed E-state index contributed by atoms with van der Waals surface area (Å²) in [6, 6.07) is 7.63. The van der Waals surface area contributed by atoms with Crippen molar-refractivity contribution in [2.45, 2.75) is 59.3 Å². The number of anilines is 1. The van der Waals surface area contributed by atoms with Crippen molar-refractivity contribution in [2.75, 3.05) is 12.8 Å². The lowest BCUT2D eigenvalue weighted by Crippen LogP contribution is -2.35.